The lowest BCUT2D eigenvalue weighted by Gasteiger charge is -2.46. The Morgan fingerprint density at radius 2 is 0.923 bits per heavy atom. The summed E-state index contributed by atoms with van der Waals surface area (Å²) in [6.07, 6.45) is -5.83. The van der Waals surface area contributed by atoms with Gasteiger partial charge in [-0.3, -0.25) is 0 Å². The lowest BCUT2D eigenvalue weighted by molar-refractivity contribution is -0.343. The molecule has 65 heavy (non-hydrogen) atoms. The highest BCUT2D eigenvalue weighted by Crippen LogP contribution is 2.30. The van der Waals surface area contributed by atoms with Gasteiger partial charge in [-0.25, -0.2) is 0 Å². The van der Waals surface area contributed by atoms with Crippen LogP contribution in [0.4, 0.5) is 0 Å². The van der Waals surface area contributed by atoms with Crippen LogP contribution in [-0.2, 0) is 37.9 Å². The quantitative estimate of drug-likeness (QED) is 0.0241. The Morgan fingerprint density at radius 3 is 1.45 bits per heavy atom. The van der Waals surface area contributed by atoms with E-state index in [9.17, 15) is 61.3 Å². The Morgan fingerprint density at radius 1 is 0.462 bits per heavy atom. The molecule has 14 N–H and O–H groups in total. The van der Waals surface area contributed by atoms with Gasteiger partial charge in [0, 0.05) is 13.2 Å². The Kier molecular flexibility index (Phi) is 28.6. The molecule has 0 saturated carbocycles. The average molecular weight is 949 g/mol. The summed E-state index contributed by atoms with van der Waals surface area (Å²) in [6, 6.07) is 0. The number of hydrogen-bond donors (Lipinski definition) is 14. The molecule has 22 heteroatoms. The average Bonchev–Trinajstić information content (AvgIpc) is 3.31. The van der Waals surface area contributed by atoms with Crippen molar-refractivity contribution in [3.8, 4) is 0 Å². The number of aliphatic hydroxyl groups excluding tert-OH is 14. The largest absolute Gasteiger partial charge is 0.504 e. The number of unbranched alkanes of at least 4 members (excludes halogenated alkanes) is 15. The van der Waals surface area contributed by atoms with Crippen molar-refractivity contribution in [3.63, 3.8) is 0 Å². The molecule has 0 bridgehead atoms. The minimum absolute atomic E-state index is 0.0247. The van der Waals surface area contributed by atoms with Crippen LogP contribution in [0.25, 0.3) is 0 Å². The van der Waals surface area contributed by atoms with Gasteiger partial charge >= 0.3 is 5.95 Å². The predicted octanol–water partition coefficient (Wildman–Crippen LogP) is -2.16. The van der Waals surface area contributed by atoms with Gasteiger partial charge in [0.05, 0.1) is 39.6 Å². The highest BCUT2D eigenvalue weighted by atomic mass is 16.7. The Hall–Kier alpha value is -1.62. The summed E-state index contributed by atoms with van der Waals surface area (Å²) in [6.45, 7) is -2.94. The van der Waals surface area contributed by atoms with E-state index in [1.807, 2.05) is 0 Å². The molecule has 0 amide bonds. The molecule has 3 rings (SSSR count). The van der Waals surface area contributed by atoms with E-state index in [0.29, 0.717) is 13.0 Å². The second-order valence-corrected chi connectivity index (χ2v) is 17.0. The lowest BCUT2D eigenvalue weighted by atomic mass is 9.94. The van der Waals surface area contributed by atoms with Crippen LogP contribution in [0, 0.1) is 0 Å². The lowest BCUT2D eigenvalue weighted by Crippen LogP contribution is -2.64. The van der Waals surface area contributed by atoms with Crippen molar-refractivity contribution < 1.29 is 109 Å². The molecule has 3 aliphatic heterocycles. The van der Waals surface area contributed by atoms with Crippen LogP contribution in [0.5, 0.6) is 0 Å². The third-order valence-corrected chi connectivity index (χ3v) is 11.9. The summed E-state index contributed by atoms with van der Waals surface area (Å²) < 4.78 is 44.2. The van der Waals surface area contributed by atoms with Crippen molar-refractivity contribution >= 4 is 0 Å². The van der Waals surface area contributed by atoms with E-state index in [1.165, 1.54) is 44.9 Å². The molecule has 384 valence electrons. The van der Waals surface area contributed by atoms with Gasteiger partial charge in [0.25, 0.3) is 0 Å². The van der Waals surface area contributed by atoms with Gasteiger partial charge in [-0.2, -0.15) is 0 Å². The van der Waals surface area contributed by atoms with Crippen molar-refractivity contribution in [3.05, 3.63) is 11.7 Å². The molecule has 0 aromatic carbocycles. The molecule has 3 saturated heterocycles. The van der Waals surface area contributed by atoms with Crippen LogP contribution >= 0.6 is 0 Å². The van der Waals surface area contributed by atoms with Crippen molar-refractivity contribution in [1.82, 2.24) is 0 Å². The minimum atomic E-state index is -1.77. The zero-order valence-corrected chi connectivity index (χ0v) is 37.4. The Bertz CT molecular complexity index is 1250. The molecule has 0 spiro atoms. The van der Waals surface area contributed by atoms with Crippen LogP contribution in [-0.4, -0.2) is 229 Å². The fraction of sp³-hybridized carbons (Fsp3) is 0.953. The van der Waals surface area contributed by atoms with E-state index in [4.69, 9.17) is 48.1 Å². The molecular weight excluding hydrogens is 868 g/mol. The highest BCUT2D eigenvalue weighted by molar-refractivity contribution is 5.02. The predicted molar refractivity (Wildman–Crippen MR) is 225 cm³/mol. The summed E-state index contributed by atoms with van der Waals surface area (Å²) in [5.41, 5.74) is 0. The SMILES string of the molecule is OCCO/C(OC1C(CO)O[C@@H](OCCCCCCCCCCCCCCCCCCOC[C@@H]2OC(CO)C(O[C@@H]3OC(CO)C(O)[C@H](O)C3O)[C@H](O)C2O)C(O)[C@@H]1O)=C(\O)[C@H](O)CO. The first-order valence-electron chi connectivity index (χ1n) is 23.4. The zero-order valence-electron chi connectivity index (χ0n) is 37.4. The first-order valence-corrected chi connectivity index (χ1v) is 23.4. The van der Waals surface area contributed by atoms with E-state index in [1.54, 1.807) is 0 Å². The van der Waals surface area contributed by atoms with E-state index >= 15 is 0 Å². The summed E-state index contributed by atoms with van der Waals surface area (Å²) in [5.74, 6) is -1.61. The van der Waals surface area contributed by atoms with Crippen LogP contribution in [0.1, 0.15) is 103 Å². The van der Waals surface area contributed by atoms with E-state index in [2.05, 4.69) is 0 Å². The van der Waals surface area contributed by atoms with Gasteiger partial charge in [0.2, 0.25) is 5.76 Å². The first-order chi connectivity index (χ1) is 31.3. The summed E-state index contributed by atoms with van der Waals surface area (Å²) >= 11 is 0. The zero-order chi connectivity index (χ0) is 47.7. The second-order valence-electron chi connectivity index (χ2n) is 17.0. The molecule has 16 atom stereocenters. The van der Waals surface area contributed by atoms with Crippen LogP contribution in [0.15, 0.2) is 11.7 Å². The molecule has 3 fully saturated rings. The Balaban J connectivity index is 1.13. The number of aliphatic hydroxyl groups is 14. The molecule has 0 radical (unpaired) electrons. The van der Waals surface area contributed by atoms with Crippen LogP contribution < -0.4 is 0 Å². The molecule has 3 aliphatic rings. The second kappa shape index (κ2) is 32.2. The maximum atomic E-state index is 10.8. The minimum Gasteiger partial charge on any atom is -0.504 e. The maximum Gasteiger partial charge on any atom is 0.322 e. The fourth-order valence-corrected chi connectivity index (χ4v) is 7.97. The van der Waals surface area contributed by atoms with Crippen molar-refractivity contribution in [2.75, 3.05) is 59.5 Å². The number of hydrogen-bond acceptors (Lipinski definition) is 22. The smallest absolute Gasteiger partial charge is 0.322 e. The van der Waals surface area contributed by atoms with Crippen molar-refractivity contribution in [2.45, 2.75) is 201 Å². The molecule has 0 aromatic heterocycles. The maximum absolute atomic E-state index is 10.8. The van der Waals surface area contributed by atoms with Crippen LogP contribution in [0.2, 0.25) is 0 Å². The first kappa shape index (κ1) is 57.7. The summed E-state index contributed by atoms with van der Waals surface area (Å²) in [7, 11) is 0. The number of rotatable bonds is 34. The van der Waals surface area contributed by atoms with Gasteiger partial charge in [0.1, 0.15) is 86.0 Å². The molecule has 22 nitrogen and oxygen atoms in total. The van der Waals surface area contributed by atoms with E-state index in [0.717, 1.165) is 51.4 Å². The molecular formula is C43H80O22. The van der Waals surface area contributed by atoms with Gasteiger partial charge < -0.3 is 109 Å². The van der Waals surface area contributed by atoms with Gasteiger partial charge in [-0.15, -0.1) is 0 Å². The van der Waals surface area contributed by atoms with Gasteiger partial charge in [0.15, 0.2) is 18.7 Å². The monoisotopic (exact) mass is 949 g/mol. The van der Waals surface area contributed by atoms with Crippen molar-refractivity contribution in [2.24, 2.45) is 0 Å². The third kappa shape index (κ3) is 18.7. The molecule has 0 aliphatic carbocycles. The molecule has 9 unspecified atom stereocenters. The standard InChI is InChI=1S/C43H80O22/c44-17-20-60-41(31(50)26(49)21-45)64-40-29(24-48)63-42(38(57)36(40)55)59-19-16-14-12-10-8-6-4-2-1-3-5-7-9-11-13-15-18-58-25-30-33(52)35(54)39(28(23-47)61-30)65-43-37(56)34(53)32(51)27(22-46)62-43/h26-30,32-40,42-57H,1-25H2/b41-31+/t26-,27?,28?,29?,30+,32?,33?,34+,35-,36+,37?,38?,39?,40?,42-,43+/m1/s1. The van der Waals surface area contributed by atoms with Gasteiger partial charge in [-0.05, 0) is 12.8 Å². The normalized spacial score (nSPS) is 34.0. The molecule has 0 aromatic rings. The summed E-state index contributed by atoms with van der Waals surface area (Å²) in [5, 5.41) is 140. The van der Waals surface area contributed by atoms with Crippen LogP contribution in [0.3, 0.4) is 0 Å². The van der Waals surface area contributed by atoms with E-state index in [-0.39, 0.29) is 19.8 Å². The highest BCUT2D eigenvalue weighted by Gasteiger charge is 2.51. The summed E-state index contributed by atoms with van der Waals surface area (Å²) in [4.78, 5) is 0. The van der Waals surface area contributed by atoms with E-state index < -0.39 is 143 Å². The number of ether oxygens (including phenoxy) is 8. The fourth-order valence-electron chi connectivity index (χ4n) is 7.97. The van der Waals surface area contributed by atoms with Crippen molar-refractivity contribution in [1.29, 1.82) is 0 Å². The molecule has 3 heterocycles. The Labute approximate surface area is 380 Å². The van der Waals surface area contributed by atoms with Gasteiger partial charge in [-0.1, -0.05) is 89.9 Å². The third-order valence-electron chi connectivity index (χ3n) is 11.9. The topological polar surface area (TPSA) is 357 Å².